The Balaban J connectivity index is 1.96. The van der Waals surface area contributed by atoms with Crippen molar-refractivity contribution >= 4 is 11.6 Å². The molecule has 2 aromatic rings. The molecule has 126 valence electrons. The molecule has 1 amide bonds. The van der Waals surface area contributed by atoms with Crippen LogP contribution in [0, 0.1) is 13.8 Å². The molecule has 1 N–H and O–H groups in total. The number of ether oxygens (including phenoxy) is 2. The molecule has 2 aromatic carbocycles. The molecule has 0 heterocycles. The van der Waals surface area contributed by atoms with E-state index in [1.165, 1.54) is 0 Å². The van der Waals surface area contributed by atoms with E-state index in [0.717, 1.165) is 16.7 Å². The van der Waals surface area contributed by atoms with Gasteiger partial charge in [0.15, 0.2) is 6.61 Å². The molecule has 0 aromatic heterocycles. The second-order valence-corrected chi connectivity index (χ2v) is 5.49. The van der Waals surface area contributed by atoms with E-state index in [9.17, 15) is 4.79 Å². The van der Waals surface area contributed by atoms with Crippen molar-refractivity contribution in [1.29, 1.82) is 0 Å². The lowest BCUT2D eigenvalue weighted by molar-refractivity contribution is -0.123. The van der Waals surface area contributed by atoms with Gasteiger partial charge in [-0.15, -0.1) is 0 Å². The Morgan fingerprint density at radius 3 is 2.62 bits per heavy atom. The first-order chi connectivity index (χ1) is 11.5. The highest BCUT2D eigenvalue weighted by Gasteiger charge is 2.07. The first-order valence-corrected chi connectivity index (χ1v) is 7.68. The third kappa shape index (κ3) is 4.59. The van der Waals surface area contributed by atoms with Gasteiger partial charge < -0.3 is 9.47 Å². The van der Waals surface area contributed by atoms with Crippen molar-refractivity contribution in [2.75, 3.05) is 13.7 Å². The SMILES string of the molecule is COc1ccccc1/C(C)=N\NC(=O)COc1cc(C)ccc1C. The summed E-state index contributed by atoms with van der Waals surface area (Å²) in [4.78, 5) is 11.9. The summed E-state index contributed by atoms with van der Waals surface area (Å²) < 4.78 is 10.8. The molecule has 0 saturated heterocycles. The normalized spacial score (nSPS) is 11.1. The third-order valence-corrected chi connectivity index (χ3v) is 3.55. The zero-order chi connectivity index (χ0) is 17.5. The smallest absolute Gasteiger partial charge is 0.277 e. The maximum Gasteiger partial charge on any atom is 0.277 e. The summed E-state index contributed by atoms with van der Waals surface area (Å²) in [6, 6.07) is 13.4. The summed E-state index contributed by atoms with van der Waals surface area (Å²) in [7, 11) is 1.60. The van der Waals surface area contributed by atoms with Crippen LogP contribution < -0.4 is 14.9 Å². The van der Waals surface area contributed by atoms with E-state index in [4.69, 9.17) is 9.47 Å². The highest BCUT2D eigenvalue weighted by molar-refractivity contribution is 6.01. The molecule has 0 spiro atoms. The lowest BCUT2D eigenvalue weighted by atomic mass is 10.1. The second-order valence-electron chi connectivity index (χ2n) is 5.49. The molecule has 24 heavy (non-hydrogen) atoms. The van der Waals surface area contributed by atoms with Gasteiger partial charge in [-0.3, -0.25) is 4.79 Å². The lowest BCUT2D eigenvalue weighted by Gasteiger charge is -2.10. The summed E-state index contributed by atoms with van der Waals surface area (Å²) in [5.41, 5.74) is 6.07. The fraction of sp³-hybridized carbons (Fsp3) is 0.263. The van der Waals surface area contributed by atoms with Crippen LogP contribution in [0.1, 0.15) is 23.6 Å². The van der Waals surface area contributed by atoms with Gasteiger partial charge in [-0.25, -0.2) is 5.43 Å². The Labute approximate surface area is 142 Å². The van der Waals surface area contributed by atoms with E-state index in [1.54, 1.807) is 7.11 Å². The highest BCUT2D eigenvalue weighted by Crippen LogP contribution is 2.19. The maximum absolute atomic E-state index is 11.9. The number of amides is 1. The highest BCUT2D eigenvalue weighted by atomic mass is 16.5. The van der Waals surface area contributed by atoms with Gasteiger partial charge in [0.05, 0.1) is 12.8 Å². The predicted octanol–water partition coefficient (Wildman–Crippen LogP) is 3.23. The zero-order valence-electron chi connectivity index (χ0n) is 14.4. The first-order valence-electron chi connectivity index (χ1n) is 7.68. The number of carbonyl (C=O) groups excluding carboxylic acids is 1. The number of carbonyl (C=O) groups is 1. The van der Waals surface area contributed by atoms with E-state index in [2.05, 4.69) is 10.5 Å². The van der Waals surface area contributed by atoms with E-state index in [1.807, 2.05) is 63.2 Å². The Morgan fingerprint density at radius 1 is 1.12 bits per heavy atom. The maximum atomic E-state index is 11.9. The zero-order valence-corrected chi connectivity index (χ0v) is 14.4. The Hall–Kier alpha value is -2.82. The average Bonchev–Trinajstić information content (AvgIpc) is 2.60. The third-order valence-electron chi connectivity index (χ3n) is 3.55. The predicted molar refractivity (Wildman–Crippen MR) is 94.8 cm³/mol. The fourth-order valence-electron chi connectivity index (χ4n) is 2.19. The standard InChI is InChI=1S/C19H22N2O3/c1-13-9-10-14(2)18(11-13)24-12-19(22)21-20-15(3)16-7-5-6-8-17(16)23-4/h5-11H,12H2,1-4H3,(H,21,22)/b20-15-. The molecule has 0 bridgehead atoms. The number of hydrogen-bond donors (Lipinski definition) is 1. The molecular formula is C19H22N2O3. The Bertz CT molecular complexity index is 754. The quantitative estimate of drug-likeness (QED) is 0.655. The Morgan fingerprint density at radius 2 is 1.88 bits per heavy atom. The molecule has 5 nitrogen and oxygen atoms in total. The largest absolute Gasteiger partial charge is 0.496 e. The van der Waals surface area contributed by atoms with E-state index >= 15 is 0 Å². The average molecular weight is 326 g/mol. The van der Waals surface area contributed by atoms with Crippen LogP contribution in [0.25, 0.3) is 0 Å². The summed E-state index contributed by atoms with van der Waals surface area (Å²) in [5, 5.41) is 4.11. The minimum absolute atomic E-state index is 0.0903. The number of nitrogens with one attached hydrogen (secondary N) is 1. The molecule has 0 unspecified atom stereocenters. The van der Waals surface area contributed by atoms with E-state index in [-0.39, 0.29) is 12.5 Å². The number of rotatable bonds is 6. The van der Waals surface area contributed by atoms with Crippen LogP contribution in [0.2, 0.25) is 0 Å². The summed E-state index contributed by atoms with van der Waals surface area (Å²) in [6.07, 6.45) is 0. The van der Waals surface area contributed by atoms with Crippen molar-refractivity contribution in [3.8, 4) is 11.5 Å². The number of para-hydroxylation sites is 1. The second kappa shape index (κ2) is 8.15. The van der Waals surface area contributed by atoms with Gasteiger partial charge in [0.25, 0.3) is 5.91 Å². The van der Waals surface area contributed by atoms with Crippen LogP contribution in [-0.2, 0) is 4.79 Å². The van der Waals surface area contributed by atoms with Crippen molar-refractivity contribution in [2.45, 2.75) is 20.8 Å². The van der Waals surface area contributed by atoms with E-state index in [0.29, 0.717) is 17.2 Å². The minimum Gasteiger partial charge on any atom is -0.496 e. The number of hydrazone groups is 1. The molecule has 0 aliphatic rings. The van der Waals surface area contributed by atoms with Crippen LogP contribution in [-0.4, -0.2) is 25.3 Å². The van der Waals surface area contributed by atoms with Crippen molar-refractivity contribution in [3.05, 3.63) is 59.2 Å². The van der Waals surface area contributed by atoms with Gasteiger partial charge in [0.2, 0.25) is 0 Å². The van der Waals surface area contributed by atoms with E-state index < -0.39 is 0 Å². The molecule has 0 aliphatic heterocycles. The van der Waals surface area contributed by atoms with Gasteiger partial charge in [0, 0.05) is 5.56 Å². The van der Waals surface area contributed by atoms with Gasteiger partial charge in [-0.05, 0) is 50.1 Å². The van der Waals surface area contributed by atoms with Crippen LogP contribution in [0.3, 0.4) is 0 Å². The number of aryl methyl sites for hydroxylation is 2. The summed E-state index contributed by atoms with van der Waals surface area (Å²) in [5.74, 6) is 1.10. The van der Waals surface area contributed by atoms with Crippen LogP contribution in [0.15, 0.2) is 47.6 Å². The molecule has 5 heteroatoms. The molecule has 0 fully saturated rings. The van der Waals surface area contributed by atoms with Crippen LogP contribution in [0.5, 0.6) is 11.5 Å². The number of methoxy groups -OCH3 is 1. The molecule has 0 radical (unpaired) electrons. The number of hydrogen-bond acceptors (Lipinski definition) is 4. The van der Waals surface area contributed by atoms with Crippen LogP contribution >= 0.6 is 0 Å². The molecule has 0 saturated carbocycles. The number of nitrogens with zero attached hydrogens (tertiary/aromatic N) is 1. The van der Waals surface area contributed by atoms with Crippen molar-refractivity contribution < 1.29 is 14.3 Å². The molecule has 2 rings (SSSR count). The van der Waals surface area contributed by atoms with Gasteiger partial charge in [-0.2, -0.15) is 5.10 Å². The summed E-state index contributed by atoms with van der Waals surface area (Å²) in [6.45, 7) is 5.64. The monoisotopic (exact) mass is 326 g/mol. The van der Waals surface area contributed by atoms with Gasteiger partial charge in [0.1, 0.15) is 11.5 Å². The van der Waals surface area contributed by atoms with Gasteiger partial charge >= 0.3 is 0 Å². The first kappa shape index (κ1) is 17.5. The lowest BCUT2D eigenvalue weighted by Crippen LogP contribution is -2.25. The topological polar surface area (TPSA) is 59.9 Å². The molecule has 0 atom stereocenters. The van der Waals surface area contributed by atoms with Crippen molar-refractivity contribution in [2.24, 2.45) is 5.10 Å². The minimum atomic E-state index is -0.315. The summed E-state index contributed by atoms with van der Waals surface area (Å²) >= 11 is 0. The number of benzene rings is 2. The van der Waals surface area contributed by atoms with Crippen LogP contribution in [0.4, 0.5) is 0 Å². The molecule has 0 aliphatic carbocycles. The fourth-order valence-corrected chi connectivity index (χ4v) is 2.19. The van der Waals surface area contributed by atoms with Crippen molar-refractivity contribution in [3.63, 3.8) is 0 Å². The molecular weight excluding hydrogens is 304 g/mol. The Kier molecular flexibility index (Phi) is 5.95. The van der Waals surface area contributed by atoms with Crippen molar-refractivity contribution in [1.82, 2.24) is 5.43 Å². The van der Waals surface area contributed by atoms with Gasteiger partial charge in [-0.1, -0.05) is 24.3 Å².